The van der Waals surface area contributed by atoms with Gasteiger partial charge in [0.1, 0.15) is 59.1 Å². The van der Waals surface area contributed by atoms with Crippen LogP contribution < -0.4 is 0 Å². The lowest BCUT2D eigenvalue weighted by Gasteiger charge is -2.40. The molecule has 0 spiro atoms. The van der Waals surface area contributed by atoms with Gasteiger partial charge in [0.25, 0.3) is 0 Å². The Morgan fingerprint density at radius 2 is 1.55 bits per heavy atom. The number of aryl methyl sites for hydroxylation is 1. The molecule has 0 amide bonds. The van der Waals surface area contributed by atoms with Crippen LogP contribution in [0.15, 0.2) is 30.3 Å². The summed E-state index contributed by atoms with van der Waals surface area (Å²) in [7, 11) is 0. The third-order valence-electron chi connectivity index (χ3n) is 5.33. The van der Waals surface area contributed by atoms with E-state index >= 15 is 0 Å². The standard InChI is InChI=1S/C21H24O10/c22-8-14-17(27)19(29)20(30)21(31-14)16-13(26)7-12(25)15(18(16)28)11(24)6-3-9-1-4-10(23)5-2-9/h1-2,4-5,7,14,17,19-23,25-30H,3,6,8H2. The largest absolute Gasteiger partial charge is 0.508 e. The number of aromatic hydroxyl groups is 4. The summed E-state index contributed by atoms with van der Waals surface area (Å²) in [6, 6.07) is 6.92. The topological polar surface area (TPSA) is 188 Å². The van der Waals surface area contributed by atoms with Crippen molar-refractivity contribution in [3.63, 3.8) is 0 Å². The van der Waals surface area contributed by atoms with Crippen LogP contribution in [0.25, 0.3) is 0 Å². The van der Waals surface area contributed by atoms with E-state index < -0.39 is 71.3 Å². The number of phenolic OH excluding ortho intramolecular Hbond substituents is 4. The molecule has 1 aliphatic rings. The number of Topliss-reactive ketones (excluding diaryl/α,β-unsaturated/α-hetero) is 1. The van der Waals surface area contributed by atoms with Gasteiger partial charge < -0.3 is 45.6 Å². The zero-order valence-corrected chi connectivity index (χ0v) is 16.3. The average Bonchev–Trinajstić information content (AvgIpc) is 2.73. The molecule has 5 atom stereocenters. The van der Waals surface area contributed by atoms with Crippen LogP contribution in [-0.4, -0.2) is 77.7 Å². The monoisotopic (exact) mass is 436 g/mol. The van der Waals surface area contributed by atoms with Gasteiger partial charge in [-0.05, 0) is 24.1 Å². The van der Waals surface area contributed by atoms with Crippen LogP contribution in [-0.2, 0) is 11.2 Å². The highest BCUT2D eigenvalue weighted by Crippen LogP contribution is 2.46. The van der Waals surface area contributed by atoms with E-state index in [1.165, 1.54) is 12.1 Å². The van der Waals surface area contributed by atoms with E-state index in [2.05, 4.69) is 0 Å². The summed E-state index contributed by atoms with van der Waals surface area (Å²) in [5, 5.41) is 79.9. The van der Waals surface area contributed by atoms with E-state index in [-0.39, 0.29) is 18.6 Å². The van der Waals surface area contributed by atoms with Gasteiger partial charge in [0.2, 0.25) is 0 Å². The fourth-order valence-corrected chi connectivity index (χ4v) is 3.60. The normalized spacial score (nSPS) is 26.0. The molecule has 0 saturated carbocycles. The zero-order chi connectivity index (χ0) is 22.9. The second kappa shape index (κ2) is 9.08. The number of hydrogen-bond acceptors (Lipinski definition) is 10. The van der Waals surface area contributed by atoms with Crippen molar-refractivity contribution in [2.24, 2.45) is 0 Å². The number of hydrogen-bond donors (Lipinski definition) is 8. The molecular weight excluding hydrogens is 412 g/mol. The summed E-state index contributed by atoms with van der Waals surface area (Å²) >= 11 is 0. The third kappa shape index (κ3) is 4.43. The number of phenols is 4. The Bertz CT molecular complexity index is 940. The molecule has 168 valence electrons. The number of carbonyl (C=O) groups is 1. The quantitative estimate of drug-likeness (QED) is 0.283. The second-order valence-corrected chi connectivity index (χ2v) is 7.39. The van der Waals surface area contributed by atoms with Crippen molar-refractivity contribution in [1.29, 1.82) is 0 Å². The van der Waals surface area contributed by atoms with Gasteiger partial charge in [0.05, 0.1) is 12.2 Å². The Morgan fingerprint density at radius 1 is 0.903 bits per heavy atom. The fourth-order valence-electron chi connectivity index (χ4n) is 3.60. The summed E-state index contributed by atoms with van der Waals surface area (Å²) in [4.78, 5) is 12.7. The third-order valence-corrected chi connectivity index (χ3v) is 5.33. The minimum absolute atomic E-state index is 0.0630. The second-order valence-electron chi connectivity index (χ2n) is 7.39. The predicted octanol–water partition coefficient (Wildman–Crippen LogP) is -0.161. The maximum Gasteiger partial charge on any atom is 0.170 e. The van der Waals surface area contributed by atoms with Crippen molar-refractivity contribution in [2.75, 3.05) is 6.61 Å². The number of ketones is 1. The van der Waals surface area contributed by atoms with E-state index in [1.54, 1.807) is 12.1 Å². The minimum atomic E-state index is -1.81. The van der Waals surface area contributed by atoms with E-state index in [0.29, 0.717) is 0 Å². The SMILES string of the molecule is O=C(CCc1ccc(O)cc1)c1c(O)cc(O)c(C2OC(CO)C(O)C(O)C2O)c1O. The van der Waals surface area contributed by atoms with Crippen LogP contribution in [0, 0.1) is 0 Å². The van der Waals surface area contributed by atoms with Gasteiger partial charge in [-0.2, -0.15) is 0 Å². The van der Waals surface area contributed by atoms with Crippen molar-refractivity contribution < 1.29 is 50.4 Å². The lowest BCUT2D eigenvalue weighted by atomic mass is 9.88. The molecule has 0 aliphatic carbocycles. The molecule has 1 fully saturated rings. The van der Waals surface area contributed by atoms with E-state index in [4.69, 9.17) is 4.74 Å². The zero-order valence-electron chi connectivity index (χ0n) is 16.3. The molecule has 1 saturated heterocycles. The highest BCUT2D eigenvalue weighted by Gasteiger charge is 2.46. The number of aliphatic hydroxyl groups excluding tert-OH is 4. The highest BCUT2D eigenvalue weighted by atomic mass is 16.5. The first kappa shape index (κ1) is 22.8. The summed E-state index contributed by atoms with van der Waals surface area (Å²) in [6.45, 7) is -0.723. The van der Waals surface area contributed by atoms with Crippen molar-refractivity contribution in [3.05, 3.63) is 47.0 Å². The lowest BCUT2D eigenvalue weighted by Crippen LogP contribution is -2.55. The molecule has 1 aliphatic heterocycles. The van der Waals surface area contributed by atoms with Gasteiger partial charge in [-0.3, -0.25) is 4.79 Å². The highest BCUT2D eigenvalue weighted by molar-refractivity contribution is 6.02. The van der Waals surface area contributed by atoms with Gasteiger partial charge in [-0.1, -0.05) is 12.1 Å². The molecular formula is C21H24O10. The molecule has 5 unspecified atom stereocenters. The van der Waals surface area contributed by atoms with Crippen LogP contribution in [0.3, 0.4) is 0 Å². The molecule has 0 radical (unpaired) electrons. The van der Waals surface area contributed by atoms with E-state index in [9.17, 15) is 45.6 Å². The van der Waals surface area contributed by atoms with E-state index in [0.717, 1.165) is 11.6 Å². The molecule has 8 N–H and O–H groups in total. The number of benzene rings is 2. The molecule has 0 aromatic heterocycles. The Kier molecular flexibility index (Phi) is 6.68. The summed E-state index contributed by atoms with van der Waals surface area (Å²) in [5.74, 6) is -2.87. The first-order valence-corrected chi connectivity index (χ1v) is 9.55. The molecule has 0 bridgehead atoms. The van der Waals surface area contributed by atoms with Gasteiger partial charge in [-0.15, -0.1) is 0 Å². The molecule has 10 nitrogen and oxygen atoms in total. The Hall–Kier alpha value is -2.89. The van der Waals surface area contributed by atoms with Crippen molar-refractivity contribution in [3.8, 4) is 23.0 Å². The number of carbonyl (C=O) groups excluding carboxylic acids is 1. The molecule has 1 heterocycles. The first-order chi connectivity index (χ1) is 14.6. The number of aliphatic hydroxyl groups is 4. The minimum Gasteiger partial charge on any atom is -0.508 e. The molecule has 31 heavy (non-hydrogen) atoms. The summed E-state index contributed by atoms with van der Waals surface area (Å²) < 4.78 is 5.35. The molecule has 10 heteroatoms. The maximum atomic E-state index is 12.7. The lowest BCUT2D eigenvalue weighted by molar-refractivity contribution is -0.232. The number of ether oxygens (including phenoxy) is 1. The maximum absolute atomic E-state index is 12.7. The van der Waals surface area contributed by atoms with Crippen LogP contribution in [0.1, 0.15) is 34.0 Å². The smallest absolute Gasteiger partial charge is 0.170 e. The van der Waals surface area contributed by atoms with Gasteiger partial charge in [-0.25, -0.2) is 0 Å². The van der Waals surface area contributed by atoms with Crippen LogP contribution in [0.4, 0.5) is 0 Å². The molecule has 2 aromatic carbocycles. The van der Waals surface area contributed by atoms with Crippen LogP contribution in [0.2, 0.25) is 0 Å². The van der Waals surface area contributed by atoms with Gasteiger partial charge >= 0.3 is 0 Å². The Balaban J connectivity index is 1.92. The fraction of sp³-hybridized carbons (Fsp3) is 0.381. The molecule has 3 rings (SSSR count). The van der Waals surface area contributed by atoms with Crippen molar-refractivity contribution >= 4 is 5.78 Å². The summed E-state index contributed by atoms with van der Waals surface area (Å²) in [5.41, 5.74) is -0.260. The van der Waals surface area contributed by atoms with Crippen LogP contribution >= 0.6 is 0 Å². The summed E-state index contributed by atoms with van der Waals surface area (Å²) in [6.07, 6.45) is -8.02. The van der Waals surface area contributed by atoms with Gasteiger partial charge in [0.15, 0.2) is 5.78 Å². The average molecular weight is 436 g/mol. The first-order valence-electron chi connectivity index (χ1n) is 9.55. The van der Waals surface area contributed by atoms with Crippen molar-refractivity contribution in [2.45, 2.75) is 43.4 Å². The van der Waals surface area contributed by atoms with Crippen molar-refractivity contribution in [1.82, 2.24) is 0 Å². The number of rotatable bonds is 6. The predicted molar refractivity (Wildman–Crippen MR) is 105 cm³/mol. The van der Waals surface area contributed by atoms with Gasteiger partial charge in [0, 0.05) is 12.5 Å². The van der Waals surface area contributed by atoms with E-state index in [1.807, 2.05) is 0 Å². The Morgan fingerprint density at radius 3 is 2.16 bits per heavy atom. The van der Waals surface area contributed by atoms with Crippen LogP contribution in [0.5, 0.6) is 23.0 Å². The Labute approximate surface area is 176 Å². The molecule has 2 aromatic rings.